The molecule has 0 aromatic heterocycles. The van der Waals surface area contributed by atoms with Gasteiger partial charge >= 0.3 is 6.18 Å². The van der Waals surface area contributed by atoms with Gasteiger partial charge in [-0.05, 0) is 24.1 Å². The first-order valence-corrected chi connectivity index (χ1v) is 6.69. The summed E-state index contributed by atoms with van der Waals surface area (Å²) in [6.07, 6.45) is -3.52. The van der Waals surface area contributed by atoms with E-state index in [0.29, 0.717) is 19.8 Å². The third-order valence-corrected chi connectivity index (χ3v) is 3.63. The van der Waals surface area contributed by atoms with Crippen LogP contribution in [0.4, 0.5) is 18.9 Å². The van der Waals surface area contributed by atoms with Gasteiger partial charge in [-0.2, -0.15) is 13.2 Å². The zero-order valence-corrected chi connectivity index (χ0v) is 11.4. The Labute approximate surface area is 116 Å². The summed E-state index contributed by atoms with van der Waals surface area (Å²) in [6.45, 7) is 4.08. The van der Waals surface area contributed by atoms with Crippen molar-refractivity contribution in [3.05, 3.63) is 29.3 Å². The van der Waals surface area contributed by atoms with Crippen LogP contribution in [0.2, 0.25) is 0 Å². The molecule has 112 valence electrons. The normalized spacial score (nSPS) is 21.1. The summed E-state index contributed by atoms with van der Waals surface area (Å²) < 4.78 is 44.6. The molecule has 1 heterocycles. The van der Waals surface area contributed by atoms with Crippen LogP contribution in [0, 0.1) is 0 Å². The number of morpholine rings is 1. The lowest BCUT2D eigenvalue weighted by atomic mass is 10.0. The first kappa shape index (κ1) is 15.1. The van der Waals surface area contributed by atoms with Crippen molar-refractivity contribution in [3.63, 3.8) is 0 Å². The molecule has 0 radical (unpaired) electrons. The Hall–Kier alpha value is -1.27. The maximum Gasteiger partial charge on any atom is 0.416 e. The molecule has 0 saturated carbocycles. The summed E-state index contributed by atoms with van der Waals surface area (Å²) in [5.41, 5.74) is 5.24. The molecule has 0 spiro atoms. The number of rotatable bonds is 3. The van der Waals surface area contributed by atoms with Crippen LogP contribution in [0.25, 0.3) is 0 Å². The molecule has 6 heteroatoms. The number of hydrogen-bond donors (Lipinski definition) is 1. The summed E-state index contributed by atoms with van der Waals surface area (Å²) in [6, 6.07) is 4.17. The molecule has 1 aromatic rings. The molecule has 3 nitrogen and oxygen atoms in total. The van der Waals surface area contributed by atoms with Gasteiger partial charge in [-0.25, -0.2) is 0 Å². The molecule has 1 fully saturated rings. The van der Waals surface area contributed by atoms with Crippen molar-refractivity contribution < 1.29 is 17.9 Å². The van der Waals surface area contributed by atoms with Crippen LogP contribution in [0.3, 0.4) is 0 Å². The van der Waals surface area contributed by atoms with E-state index < -0.39 is 11.7 Å². The van der Waals surface area contributed by atoms with Gasteiger partial charge in [0.05, 0.1) is 18.8 Å². The first-order chi connectivity index (χ1) is 9.41. The van der Waals surface area contributed by atoms with Crippen LogP contribution in [-0.4, -0.2) is 30.7 Å². The van der Waals surface area contributed by atoms with Gasteiger partial charge in [0.2, 0.25) is 0 Å². The van der Waals surface area contributed by atoms with E-state index >= 15 is 0 Å². The number of nitrogens with two attached hydrogens (primary N) is 1. The summed E-state index contributed by atoms with van der Waals surface area (Å²) in [7, 11) is 0. The van der Waals surface area contributed by atoms with E-state index in [-0.39, 0.29) is 23.8 Å². The Balaban J connectivity index is 2.24. The van der Waals surface area contributed by atoms with E-state index in [0.717, 1.165) is 12.5 Å². The van der Waals surface area contributed by atoms with Crippen molar-refractivity contribution in [2.75, 3.05) is 25.5 Å². The Kier molecular flexibility index (Phi) is 4.55. The quantitative estimate of drug-likeness (QED) is 0.869. The Bertz CT molecular complexity index is 462. The van der Waals surface area contributed by atoms with E-state index in [9.17, 15) is 13.2 Å². The van der Waals surface area contributed by atoms with E-state index in [2.05, 4.69) is 0 Å². The van der Waals surface area contributed by atoms with Crippen LogP contribution in [0.15, 0.2) is 18.2 Å². The number of hydrogen-bond acceptors (Lipinski definition) is 3. The van der Waals surface area contributed by atoms with Crippen LogP contribution >= 0.6 is 0 Å². The van der Waals surface area contributed by atoms with Crippen molar-refractivity contribution in [3.8, 4) is 0 Å². The topological polar surface area (TPSA) is 38.5 Å². The highest BCUT2D eigenvalue weighted by Crippen LogP contribution is 2.34. The minimum absolute atomic E-state index is 0.134. The van der Waals surface area contributed by atoms with Gasteiger partial charge in [-0.15, -0.1) is 0 Å². The summed E-state index contributed by atoms with van der Waals surface area (Å²) >= 11 is 0. The van der Waals surface area contributed by atoms with Gasteiger partial charge in [-0.1, -0.05) is 13.0 Å². The molecule has 20 heavy (non-hydrogen) atoms. The Morgan fingerprint density at radius 3 is 2.80 bits per heavy atom. The molecule has 1 aromatic carbocycles. The zero-order chi connectivity index (χ0) is 14.8. The van der Waals surface area contributed by atoms with E-state index in [4.69, 9.17) is 10.5 Å². The summed E-state index contributed by atoms with van der Waals surface area (Å²) in [4.78, 5) is 2.05. The highest BCUT2D eigenvalue weighted by molar-refractivity contribution is 5.46. The van der Waals surface area contributed by atoms with Crippen LogP contribution in [-0.2, 0) is 17.5 Å². The largest absolute Gasteiger partial charge is 0.416 e. The van der Waals surface area contributed by atoms with Gasteiger partial charge in [0.15, 0.2) is 0 Å². The molecule has 1 saturated heterocycles. The molecule has 0 aliphatic carbocycles. The number of anilines is 1. The van der Waals surface area contributed by atoms with Gasteiger partial charge < -0.3 is 10.5 Å². The number of halogens is 3. The van der Waals surface area contributed by atoms with Crippen molar-refractivity contribution in [2.45, 2.75) is 32.1 Å². The summed E-state index contributed by atoms with van der Waals surface area (Å²) in [5, 5.41) is 0. The van der Waals surface area contributed by atoms with Gasteiger partial charge in [0.25, 0.3) is 0 Å². The lowest BCUT2D eigenvalue weighted by Crippen LogP contribution is -2.44. The minimum Gasteiger partial charge on any atom is -0.399 e. The average molecular weight is 288 g/mol. The van der Waals surface area contributed by atoms with Crippen LogP contribution < -0.4 is 5.73 Å². The number of nitrogens with zero attached hydrogens (tertiary/aromatic N) is 1. The predicted molar refractivity (Wildman–Crippen MR) is 71.2 cm³/mol. The molecular formula is C14H19F3N2O. The van der Waals surface area contributed by atoms with E-state index in [1.165, 1.54) is 12.1 Å². The van der Waals surface area contributed by atoms with Crippen molar-refractivity contribution in [2.24, 2.45) is 0 Å². The molecule has 1 aliphatic heterocycles. The maximum atomic E-state index is 13.1. The number of nitrogen functional groups attached to an aromatic ring is 1. The molecular weight excluding hydrogens is 269 g/mol. The lowest BCUT2D eigenvalue weighted by Gasteiger charge is -2.35. The fourth-order valence-corrected chi connectivity index (χ4v) is 2.49. The average Bonchev–Trinajstić information content (AvgIpc) is 2.40. The molecule has 2 N–H and O–H groups in total. The van der Waals surface area contributed by atoms with Crippen molar-refractivity contribution >= 4 is 5.69 Å². The van der Waals surface area contributed by atoms with E-state index in [1.54, 1.807) is 0 Å². The Morgan fingerprint density at radius 2 is 2.15 bits per heavy atom. The molecule has 1 aliphatic rings. The monoisotopic (exact) mass is 288 g/mol. The van der Waals surface area contributed by atoms with Gasteiger partial charge in [0, 0.05) is 24.8 Å². The van der Waals surface area contributed by atoms with Crippen molar-refractivity contribution in [1.29, 1.82) is 0 Å². The third-order valence-electron chi connectivity index (χ3n) is 3.63. The second-order valence-electron chi connectivity index (χ2n) is 5.02. The second kappa shape index (κ2) is 6.01. The van der Waals surface area contributed by atoms with Crippen LogP contribution in [0.5, 0.6) is 0 Å². The maximum absolute atomic E-state index is 13.1. The second-order valence-corrected chi connectivity index (χ2v) is 5.02. The fourth-order valence-electron chi connectivity index (χ4n) is 2.49. The van der Waals surface area contributed by atoms with Crippen molar-refractivity contribution in [1.82, 2.24) is 4.90 Å². The molecule has 0 amide bonds. The zero-order valence-electron chi connectivity index (χ0n) is 11.4. The SMILES string of the molecule is CCC1COCCN1Cc1ccc(N)cc1C(F)(F)F. The number of ether oxygens (including phenoxy) is 1. The highest BCUT2D eigenvalue weighted by atomic mass is 19.4. The number of alkyl halides is 3. The molecule has 1 atom stereocenters. The van der Waals surface area contributed by atoms with Crippen LogP contribution in [0.1, 0.15) is 24.5 Å². The predicted octanol–water partition coefficient (Wildman–Crippen LogP) is 2.90. The van der Waals surface area contributed by atoms with Gasteiger partial charge in [-0.3, -0.25) is 4.90 Å². The first-order valence-electron chi connectivity index (χ1n) is 6.69. The molecule has 1 unspecified atom stereocenters. The van der Waals surface area contributed by atoms with E-state index in [1.807, 2.05) is 11.8 Å². The smallest absolute Gasteiger partial charge is 0.399 e. The standard InChI is InChI=1S/C14H19F3N2O/c1-2-12-9-20-6-5-19(12)8-10-3-4-11(18)7-13(10)14(15,16)17/h3-4,7,12H,2,5-6,8-9,18H2,1H3. The lowest BCUT2D eigenvalue weighted by molar-refractivity contribution is -0.138. The third kappa shape index (κ3) is 3.43. The number of benzene rings is 1. The highest BCUT2D eigenvalue weighted by Gasteiger charge is 2.34. The van der Waals surface area contributed by atoms with Gasteiger partial charge in [0.1, 0.15) is 0 Å². The molecule has 2 rings (SSSR count). The fraction of sp³-hybridized carbons (Fsp3) is 0.571. The molecule has 0 bridgehead atoms. The minimum atomic E-state index is -4.38. The Morgan fingerprint density at radius 1 is 1.40 bits per heavy atom. The summed E-state index contributed by atoms with van der Waals surface area (Å²) in [5.74, 6) is 0.